The molecule has 0 aliphatic heterocycles. The number of para-hydroxylation sites is 2. The minimum atomic E-state index is -0.176. The van der Waals surface area contributed by atoms with E-state index < -0.39 is 0 Å². The smallest absolute Gasteiger partial charge is 0.261 e. The Bertz CT molecular complexity index is 1210. The summed E-state index contributed by atoms with van der Waals surface area (Å²) in [6.07, 6.45) is 3.37. The van der Waals surface area contributed by atoms with Gasteiger partial charge in [0.05, 0.1) is 28.4 Å². The van der Waals surface area contributed by atoms with Crippen molar-refractivity contribution >= 4 is 33.4 Å². The number of aromatic nitrogens is 3. The molecule has 0 aliphatic carbocycles. The lowest BCUT2D eigenvalue weighted by molar-refractivity contribution is -0.116. The number of nitrogens with one attached hydrogen (secondary N) is 1. The fraction of sp³-hybridized carbons (Fsp3) is 0.143. The number of amides is 1. The van der Waals surface area contributed by atoms with Crippen LogP contribution in [0, 0.1) is 6.92 Å². The summed E-state index contributed by atoms with van der Waals surface area (Å²) in [7, 11) is 0. The van der Waals surface area contributed by atoms with E-state index in [1.165, 1.54) is 10.9 Å². The van der Waals surface area contributed by atoms with E-state index in [0.717, 1.165) is 16.5 Å². The SMILES string of the molecule is Cc1cccc2c(=O)n(CCC(=O)Nc3cccc4cccnc34)cnc12. The van der Waals surface area contributed by atoms with Gasteiger partial charge in [-0.2, -0.15) is 0 Å². The Hall–Kier alpha value is -3.54. The Morgan fingerprint density at radius 3 is 2.74 bits per heavy atom. The molecular formula is C21H18N4O2. The summed E-state index contributed by atoms with van der Waals surface area (Å²) in [5, 5.41) is 4.41. The molecule has 4 rings (SSSR count). The number of fused-ring (bicyclic) bond motifs is 2. The minimum absolute atomic E-state index is 0.136. The quantitative estimate of drug-likeness (QED) is 0.607. The molecule has 0 saturated heterocycles. The Kier molecular flexibility index (Phi) is 4.38. The van der Waals surface area contributed by atoms with Gasteiger partial charge in [-0.3, -0.25) is 19.1 Å². The number of carbonyl (C=O) groups excluding carboxylic acids is 1. The van der Waals surface area contributed by atoms with Crippen molar-refractivity contribution in [2.45, 2.75) is 19.9 Å². The molecule has 2 aromatic heterocycles. The second-order valence-corrected chi connectivity index (χ2v) is 6.39. The Balaban J connectivity index is 1.52. The lowest BCUT2D eigenvalue weighted by Crippen LogP contribution is -2.24. The van der Waals surface area contributed by atoms with Crippen LogP contribution in [0.25, 0.3) is 21.8 Å². The number of benzene rings is 2. The normalized spacial score (nSPS) is 11.0. The number of anilines is 1. The van der Waals surface area contributed by atoms with E-state index in [0.29, 0.717) is 16.6 Å². The number of aryl methyl sites for hydroxylation is 2. The van der Waals surface area contributed by atoms with Gasteiger partial charge in [0, 0.05) is 24.5 Å². The van der Waals surface area contributed by atoms with Crippen molar-refractivity contribution in [1.82, 2.24) is 14.5 Å². The molecule has 0 atom stereocenters. The van der Waals surface area contributed by atoms with Crippen LogP contribution in [-0.4, -0.2) is 20.4 Å². The van der Waals surface area contributed by atoms with Gasteiger partial charge in [-0.15, -0.1) is 0 Å². The maximum atomic E-state index is 12.6. The second-order valence-electron chi connectivity index (χ2n) is 6.39. The van der Waals surface area contributed by atoms with Gasteiger partial charge in [-0.05, 0) is 30.7 Å². The first-order valence-corrected chi connectivity index (χ1v) is 8.72. The third kappa shape index (κ3) is 3.29. The highest BCUT2D eigenvalue weighted by Crippen LogP contribution is 2.20. The fourth-order valence-electron chi connectivity index (χ4n) is 3.14. The first-order chi connectivity index (χ1) is 13.1. The number of carbonyl (C=O) groups is 1. The van der Waals surface area contributed by atoms with Crippen molar-refractivity contribution in [2.24, 2.45) is 0 Å². The molecule has 0 saturated carbocycles. The van der Waals surface area contributed by atoms with E-state index in [1.807, 2.05) is 49.4 Å². The van der Waals surface area contributed by atoms with Gasteiger partial charge in [0.2, 0.25) is 5.91 Å². The average molecular weight is 358 g/mol. The molecule has 134 valence electrons. The summed E-state index contributed by atoms with van der Waals surface area (Å²) in [5.74, 6) is -0.176. The Morgan fingerprint density at radius 1 is 1.04 bits per heavy atom. The average Bonchev–Trinajstić information content (AvgIpc) is 2.68. The van der Waals surface area contributed by atoms with Crippen LogP contribution in [0.2, 0.25) is 0 Å². The van der Waals surface area contributed by atoms with Crippen molar-refractivity contribution in [1.29, 1.82) is 0 Å². The third-order valence-corrected chi connectivity index (χ3v) is 4.54. The third-order valence-electron chi connectivity index (χ3n) is 4.54. The highest BCUT2D eigenvalue weighted by atomic mass is 16.2. The Labute approximate surface area is 155 Å². The molecule has 0 bridgehead atoms. The van der Waals surface area contributed by atoms with Crippen molar-refractivity contribution in [3.8, 4) is 0 Å². The number of rotatable bonds is 4. The molecular weight excluding hydrogens is 340 g/mol. The lowest BCUT2D eigenvalue weighted by atomic mass is 10.1. The maximum Gasteiger partial charge on any atom is 0.261 e. The van der Waals surface area contributed by atoms with Crippen LogP contribution in [0.1, 0.15) is 12.0 Å². The fourth-order valence-corrected chi connectivity index (χ4v) is 3.14. The van der Waals surface area contributed by atoms with Gasteiger partial charge >= 0.3 is 0 Å². The molecule has 6 nitrogen and oxygen atoms in total. The van der Waals surface area contributed by atoms with Gasteiger partial charge in [0.25, 0.3) is 5.56 Å². The highest BCUT2D eigenvalue weighted by Gasteiger charge is 2.09. The minimum Gasteiger partial charge on any atom is -0.324 e. The molecule has 0 fully saturated rings. The molecule has 4 aromatic rings. The molecule has 6 heteroatoms. The summed E-state index contributed by atoms with van der Waals surface area (Å²) >= 11 is 0. The van der Waals surface area contributed by atoms with Crippen molar-refractivity contribution in [2.75, 3.05) is 5.32 Å². The molecule has 1 N–H and O–H groups in total. The van der Waals surface area contributed by atoms with Gasteiger partial charge in [-0.25, -0.2) is 4.98 Å². The second kappa shape index (κ2) is 6.99. The van der Waals surface area contributed by atoms with Crippen LogP contribution in [0.4, 0.5) is 5.69 Å². The largest absolute Gasteiger partial charge is 0.324 e. The first kappa shape index (κ1) is 16.9. The van der Waals surface area contributed by atoms with Gasteiger partial charge in [0.1, 0.15) is 0 Å². The molecule has 1 amide bonds. The number of nitrogens with zero attached hydrogens (tertiary/aromatic N) is 3. The Morgan fingerprint density at radius 2 is 1.85 bits per heavy atom. The number of pyridine rings is 1. The lowest BCUT2D eigenvalue weighted by Gasteiger charge is -2.10. The summed E-state index contributed by atoms with van der Waals surface area (Å²) in [6, 6.07) is 15.0. The van der Waals surface area contributed by atoms with E-state index in [4.69, 9.17) is 0 Å². The summed E-state index contributed by atoms with van der Waals surface area (Å²) in [5.41, 5.74) is 2.93. The molecule has 2 aromatic carbocycles. The highest BCUT2D eigenvalue weighted by molar-refractivity contribution is 6.00. The molecule has 0 unspecified atom stereocenters. The van der Waals surface area contributed by atoms with E-state index in [-0.39, 0.29) is 24.4 Å². The van der Waals surface area contributed by atoms with Gasteiger partial charge in [0.15, 0.2) is 0 Å². The summed E-state index contributed by atoms with van der Waals surface area (Å²) in [4.78, 5) is 33.7. The van der Waals surface area contributed by atoms with E-state index in [9.17, 15) is 9.59 Å². The molecule has 0 spiro atoms. The van der Waals surface area contributed by atoms with Crippen LogP contribution in [0.3, 0.4) is 0 Å². The molecule has 0 radical (unpaired) electrons. The first-order valence-electron chi connectivity index (χ1n) is 8.72. The molecule has 0 aliphatic rings. The number of hydrogen-bond donors (Lipinski definition) is 1. The van der Waals surface area contributed by atoms with Crippen molar-refractivity contribution in [3.63, 3.8) is 0 Å². The van der Waals surface area contributed by atoms with E-state index in [1.54, 1.807) is 12.3 Å². The summed E-state index contributed by atoms with van der Waals surface area (Å²) in [6.45, 7) is 2.19. The standard InChI is InChI=1S/C21H18N4O2/c1-14-5-2-8-16-19(14)23-13-25(21(16)27)12-10-18(26)24-17-9-3-6-15-7-4-11-22-20(15)17/h2-9,11,13H,10,12H2,1H3,(H,24,26). The molecule has 27 heavy (non-hydrogen) atoms. The zero-order valence-electron chi connectivity index (χ0n) is 14.8. The van der Waals surface area contributed by atoms with Crippen LogP contribution in [0.15, 0.2) is 65.8 Å². The zero-order chi connectivity index (χ0) is 18.8. The monoisotopic (exact) mass is 358 g/mol. The predicted octanol–water partition coefficient (Wildman–Crippen LogP) is 3.28. The maximum absolute atomic E-state index is 12.6. The topological polar surface area (TPSA) is 76.9 Å². The van der Waals surface area contributed by atoms with Crippen molar-refractivity contribution < 1.29 is 4.79 Å². The number of hydrogen-bond acceptors (Lipinski definition) is 4. The van der Waals surface area contributed by atoms with Gasteiger partial charge in [-0.1, -0.05) is 30.3 Å². The molecule has 2 heterocycles. The van der Waals surface area contributed by atoms with Crippen LogP contribution in [0.5, 0.6) is 0 Å². The zero-order valence-corrected chi connectivity index (χ0v) is 14.8. The summed E-state index contributed by atoms with van der Waals surface area (Å²) < 4.78 is 1.47. The van der Waals surface area contributed by atoms with Crippen molar-refractivity contribution in [3.05, 3.63) is 77.0 Å². The van der Waals surface area contributed by atoms with Crippen LogP contribution >= 0.6 is 0 Å². The van der Waals surface area contributed by atoms with E-state index in [2.05, 4.69) is 15.3 Å². The van der Waals surface area contributed by atoms with E-state index >= 15 is 0 Å². The predicted molar refractivity (Wildman–Crippen MR) is 106 cm³/mol. The van der Waals surface area contributed by atoms with Gasteiger partial charge < -0.3 is 5.32 Å². The van der Waals surface area contributed by atoms with Crippen LogP contribution in [-0.2, 0) is 11.3 Å². The van der Waals surface area contributed by atoms with Crippen LogP contribution < -0.4 is 10.9 Å².